The average molecular weight is 194 g/mol. The lowest BCUT2D eigenvalue weighted by atomic mass is 10.3. The Labute approximate surface area is 82.9 Å². The molecule has 1 fully saturated rings. The van der Waals surface area contributed by atoms with Gasteiger partial charge in [0.05, 0.1) is 6.54 Å². The largest absolute Gasteiger partial charge is 0.359 e. The van der Waals surface area contributed by atoms with Crippen LogP contribution in [0.5, 0.6) is 0 Å². The van der Waals surface area contributed by atoms with E-state index in [9.17, 15) is 4.79 Å². The SMILES string of the molecule is CC(=O)c1cc(CN2CCCC2)on1. The van der Waals surface area contributed by atoms with Crippen molar-refractivity contribution in [1.82, 2.24) is 10.1 Å². The molecule has 1 saturated heterocycles. The van der Waals surface area contributed by atoms with Gasteiger partial charge in [-0.3, -0.25) is 9.69 Å². The van der Waals surface area contributed by atoms with Crippen molar-refractivity contribution in [2.24, 2.45) is 0 Å². The monoisotopic (exact) mass is 194 g/mol. The van der Waals surface area contributed by atoms with E-state index in [4.69, 9.17) is 4.52 Å². The summed E-state index contributed by atoms with van der Waals surface area (Å²) in [6.07, 6.45) is 2.52. The Hall–Kier alpha value is -1.16. The fraction of sp³-hybridized carbons (Fsp3) is 0.600. The maximum absolute atomic E-state index is 11.0. The molecule has 0 N–H and O–H groups in total. The van der Waals surface area contributed by atoms with Gasteiger partial charge in [0, 0.05) is 13.0 Å². The molecule has 1 aromatic rings. The van der Waals surface area contributed by atoms with Gasteiger partial charge in [-0.15, -0.1) is 0 Å². The maximum atomic E-state index is 11.0. The number of carbonyl (C=O) groups is 1. The molecule has 0 atom stereocenters. The first-order chi connectivity index (χ1) is 6.75. The molecule has 0 unspecified atom stereocenters. The van der Waals surface area contributed by atoms with Crippen molar-refractivity contribution in [3.05, 3.63) is 17.5 Å². The van der Waals surface area contributed by atoms with E-state index in [1.807, 2.05) is 0 Å². The van der Waals surface area contributed by atoms with Gasteiger partial charge in [0.1, 0.15) is 5.69 Å². The van der Waals surface area contributed by atoms with E-state index in [0.717, 1.165) is 25.4 Å². The summed E-state index contributed by atoms with van der Waals surface area (Å²) in [5.74, 6) is 0.749. The number of aromatic nitrogens is 1. The van der Waals surface area contributed by atoms with E-state index in [2.05, 4.69) is 10.1 Å². The maximum Gasteiger partial charge on any atom is 0.181 e. The molecular weight excluding hydrogens is 180 g/mol. The molecule has 0 radical (unpaired) electrons. The normalized spacial score (nSPS) is 17.5. The van der Waals surface area contributed by atoms with Gasteiger partial charge >= 0.3 is 0 Å². The molecule has 4 nitrogen and oxygen atoms in total. The van der Waals surface area contributed by atoms with Crippen LogP contribution < -0.4 is 0 Å². The molecule has 0 saturated carbocycles. The van der Waals surface area contributed by atoms with Gasteiger partial charge in [-0.25, -0.2) is 0 Å². The minimum atomic E-state index is -0.0404. The highest BCUT2D eigenvalue weighted by Crippen LogP contribution is 2.13. The lowest BCUT2D eigenvalue weighted by Gasteiger charge is -2.10. The molecule has 2 heterocycles. The predicted octanol–water partition coefficient (Wildman–Crippen LogP) is 1.47. The highest BCUT2D eigenvalue weighted by Gasteiger charge is 2.15. The van der Waals surface area contributed by atoms with Crippen LogP contribution in [0.3, 0.4) is 0 Å². The lowest BCUT2D eigenvalue weighted by Crippen LogP contribution is -2.17. The second kappa shape index (κ2) is 3.92. The molecule has 0 bridgehead atoms. The Kier molecular flexibility index (Phi) is 2.63. The predicted molar refractivity (Wildman–Crippen MR) is 51.0 cm³/mol. The van der Waals surface area contributed by atoms with Gasteiger partial charge in [0.15, 0.2) is 11.5 Å². The molecule has 14 heavy (non-hydrogen) atoms. The zero-order valence-corrected chi connectivity index (χ0v) is 8.32. The van der Waals surface area contributed by atoms with Crippen molar-refractivity contribution in [1.29, 1.82) is 0 Å². The van der Waals surface area contributed by atoms with Crippen LogP contribution >= 0.6 is 0 Å². The van der Waals surface area contributed by atoms with Gasteiger partial charge in [0.2, 0.25) is 0 Å². The van der Waals surface area contributed by atoms with Crippen molar-refractivity contribution < 1.29 is 9.32 Å². The molecule has 2 rings (SSSR count). The summed E-state index contributed by atoms with van der Waals surface area (Å²) >= 11 is 0. The zero-order chi connectivity index (χ0) is 9.97. The van der Waals surface area contributed by atoms with Crippen LogP contribution in [-0.2, 0) is 6.54 Å². The van der Waals surface area contributed by atoms with Crippen LogP contribution in [-0.4, -0.2) is 28.9 Å². The summed E-state index contributed by atoms with van der Waals surface area (Å²) in [6.45, 7) is 4.52. The minimum Gasteiger partial charge on any atom is -0.359 e. The summed E-state index contributed by atoms with van der Waals surface area (Å²) in [4.78, 5) is 13.3. The first kappa shape index (κ1) is 9.40. The van der Waals surface area contributed by atoms with E-state index in [1.54, 1.807) is 6.07 Å². The Morgan fingerprint density at radius 3 is 2.86 bits per heavy atom. The third kappa shape index (κ3) is 2.01. The van der Waals surface area contributed by atoms with Crippen LogP contribution in [0, 0.1) is 0 Å². The fourth-order valence-electron chi connectivity index (χ4n) is 1.71. The summed E-state index contributed by atoms with van der Waals surface area (Å²) < 4.78 is 5.08. The zero-order valence-electron chi connectivity index (χ0n) is 8.32. The first-order valence-corrected chi connectivity index (χ1v) is 4.94. The summed E-state index contributed by atoms with van der Waals surface area (Å²) in [6, 6.07) is 1.74. The van der Waals surface area contributed by atoms with Crippen LogP contribution in [0.25, 0.3) is 0 Å². The van der Waals surface area contributed by atoms with Gasteiger partial charge < -0.3 is 4.52 Å². The summed E-state index contributed by atoms with van der Waals surface area (Å²) in [5, 5.41) is 3.71. The molecule has 4 heteroatoms. The second-order valence-corrected chi connectivity index (χ2v) is 3.72. The van der Waals surface area contributed by atoms with Gasteiger partial charge in [-0.1, -0.05) is 5.16 Å². The van der Waals surface area contributed by atoms with Crippen molar-refractivity contribution in [3.8, 4) is 0 Å². The molecule has 0 aliphatic carbocycles. The number of likely N-dealkylation sites (tertiary alicyclic amines) is 1. The number of Topliss-reactive ketones (excluding diaryl/α,β-unsaturated/α-hetero) is 1. The number of carbonyl (C=O) groups excluding carboxylic acids is 1. The lowest BCUT2D eigenvalue weighted by molar-refractivity contribution is 0.100. The Morgan fingerprint density at radius 1 is 1.57 bits per heavy atom. The Balaban J connectivity index is 1.98. The van der Waals surface area contributed by atoms with Crippen LogP contribution in [0.4, 0.5) is 0 Å². The summed E-state index contributed by atoms with van der Waals surface area (Å²) in [5.41, 5.74) is 0.430. The first-order valence-electron chi connectivity index (χ1n) is 4.94. The van der Waals surface area contributed by atoms with Crippen LogP contribution in [0.1, 0.15) is 36.0 Å². The van der Waals surface area contributed by atoms with Crippen molar-refractivity contribution in [2.45, 2.75) is 26.3 Å². The number of ketones is 1. The van der Waals surface area contributed by atoms with E-state index < -0.39 is 0 Å². The fourth-order valence-corrected chi connectivity index (χ4v) is 1.71. The number of rotatable bonds is 3. The third-order valence-corrected chi connectivity index (χ3v) is 2.50. The quantitative estimate of drug-likeness (QED) is 0.684. The van der Waals surface area contributed by atoms with Gasteiger partial charge in [-0.2, -0.15) is 0 Å². The Morgan fingerprint density at radius 2 is 2.29 bits per heavy atom. The van der Waals surface area contributed by atoms with Crippen molar-refractivity contribution in [2.75, 3.05) is 13.1 Å². The number of hydrogen-bond donors (Lipinski definition) is 0. The molecule has 0 spiro atoms. The van der Waals surface area contributed by atoms with Gasteiger partial charge in [0.25, 0.3) is 0 Å². The molecule has 0 amide bonds. The molecule has 1 aromatic heterocycles. The van der Waals surface area contributed by atoms with Crippen LogP contribution in [0.2, 0.25) is 0 Å². The molecule has 1 aliphatic heterocycles. The van der Waals surface area contributed by atoms with Crippen molar-refractivity contribution in [3.63, 3.8) is 0 Å². The highest BCUT2D eigenvalue weighted by atomic mass is 16.5. The smallest absolute Gasteiger partial charge is 0.181 e. The molecule has 76 valence electrons. The highest BCUT2D eigenvalue weighted by molar-refractivity contribution is 5.91. The second-order valence-electron chi connectivity index (χ2n) is 3.72. The summed E-state index contributed by atoms with van der Waals surface area (Å²) in [7, 11) is 0. The average Bonchev–Trinajstić information content (AvgIpc) is 2.75. The topological polar surface area (TPSA) is 46.3 Å². The van der Waals surface area contributed by atoms with E-state index in [1.165, 1.54) is 19.8 Å². The van der Waals surface area contributed by atoms with Crippen LogP contribution in [0.15, 0.2) is 10.6 Å². The Bertz CT molecular complexity index is 327. The molecular formula is C10H14N2O2. The van der Waals surface area contributed by atoms with E-state index in [0.29, 0.717) is 5.69 Å². The number of nitrogens with zero attached hydrogens (tertiary/aromatic N) is 2. The standard InChI is InChI=1S/C10H14N2O2/c1-8(13)10-6-9(14-11-10)7-12-4-2-3-5-12/h6H,2-5,7H2,1H3. The van der Waals surface area contributed by atoms with E-state index in [-0.39, 0.29) is 5.78 Å². The third-order valence-electron chi connectivity index (χ3n) is 2.50. The number of hydrogen-bond acceptors (Lipinski definition) is 4. The van der Waals surface area contributed by atoms with E-state index >= 15 is 0 Å². The van der Waals surface area contributed by atoms with Gasteiger partial charge in [-0.05, 0) is 25.9 Å². The molecule has 1 aliphatic rings. The minimum absolute atomic E-state index is 0.0404. The molecule has 0 aromatic carbocycles. The van der Waals surface area contributed by atoms with Crippen molar-refractivity contribution >= 4 is 5.78 Å².